The molecule has 0 radical (unpaired) electrons. The Morgan fingerprint density at radius 3 is 2.53 bits per heavy atom. The Labute approximate surface area is 115 Å². The molecule has 7 nitrogen and oxygen atoms in total. The van der Waals surface area contributed by atoms with E-state index in [4.69, 9.17) is 21.1 Å². The van der Waals surface area contributed by atoms with Gasteiger partial charge >= 0.3 is 6.01 Å². The molecule has 0 amide bonds. The molecular weight excluding hydrogens is 270 g/mol. The molecule has 19 heavy (non-hydrogen) atoms. The first-order valence-corrected chi connectivity index (χ1v) is 5.91. The minimum absolute atomic E-state index is 0.0216. The fourth-order valence-electron chi connectivity index (χ4n) is 1.33. The smallest absolute Gasteiger partial charge is 0.321 e. The van der Waals surface area contributed by atoms with Gasteiger partial charge in [-0.15, -0.1) is 0 Å². The number of halogens is 1. The van der Waals surface area contributed by atoms with Crippen LogP contribution in [0.25, 0.3) is 11.5 Å². The average Bonchev–Trinajstić information content (AvgIpc) is 2.37. The number of methoxy groups -OCH3 is 1. The molecule has 0 bridgehead atoms. The van der Waals surface area contributed by atoms with Crippen molar-refractivity contribution in [2.45, 2.75) is 20.0 Å². The van der Waals surface area contributed by atoms with Gasteiger partial charge in [-0.1, -0.05) is 0 Å². The van der Waals surface area contributed by atoms with E-state index in [1.54, 1.807) is 0 Å². The van der Waals surface area contributed by atoms with Gasteiger partial charge in [0.1, 0.15) is 0 Å². The Morgan fingerprint density at radius 2 is 1.84 bits per heavy atom. The first kappa shape index (κ1) is 13.4. The summed E-state index contributed by atoms with van der Waals surface area (Å²) in [6.07, 6.45) is 2.95. The number of nitrogens with zero attached hydrogens (tertiary/aromatic N) is 5. The molecule has 2 aromatic heterocycles. The van der Waals surface area contributed by atoms with Gasteiger partial charge in [-0.25, -0.2) is 9.97 Å². The first-order valence-electron chi connectivity index (χ1n) is 5.53. The van der Waals surface area contributed by atoms with Crippen molar-refractivity contribution in [3.63, 3.8) is 0 Å². The van der Waals surface area contributed by atoms with Gasteiger partial charge in [-0.05, 0) is 25.4 Å². The highest BCUT2D eigenvalue weighted by molar-refractivity contribution is 6.28. The van der Waals surface area contributed by atoms with Crippen LogP contribution in [0.4, 0.5) is 0 Å². The summed E-state index contributed by atoms with van der Waals surface area (Å²) in [5.41, 5.74) is 0.378. The van der Waals surface area contributed by atoms with Gasteiger partial charge in [0.2, 0.25) is 11.2 Å². The molecule has 0 aliphatic carbocycles. The second-order valence-electron chi connectivity index (χ2n) is 3.79. The Kier molecular flexibility index (Phi) is 4.06. The lowest BCUT2D eigenvalue weighted by atomic mass is 10.4. The van der Waals surface area contributed by atoms with Gasteiger partial charge in [-0.3, -0.25) is 0 Å². The standard InChI is InChI=1S/C11H12ClN5O2/c1-6(2)19-11-16-8(15-10(12)17-11)7-9(18-3)14-5-4-13-7/h4-6H,1-3H3. The quantitative estimate of drug-likeness (QED) is 0.844. The van der Waals surface area contributed by atoms with E-state index in [2.05, 4.69) is 24.9 Å². The van der Waals surface area contributed by atoms with Crippen molar-refractivity contribution >= 4 is 11.6 Å². The normalized spacial score (nSPS) is 10.6. The van der Waals surface area contributed by atoms with E-state index >= 15 is 0 Å². The minimum Gasteiger partial charge on any atom is -0.479 e. The van der Waals surface area contributed by atoms with Crippen LogP contribution in [-0.2, 0) is 0 Å². The van der Waals surface area contributed by atoms with Gasteiger partial charge in [-0.2, -0.15) is 15.0 Å². The molecule has 0 saturated carbocycles. The molecule has 0 aliphatic rings. The molecule has 0 atom stereocenters. The van der Waals surface area contributed by atoms with Gasteiger partial charge in [0, 0.05) is 12.4 Å². The van der Waals surface area contributed by atoms with Crippen molar-refractivity contribution in [2.75, 3.05) is 7.11 Å². The summed E-state index contributed by atoms with van der Waals surface area (Å²) in [5.74, 6) is 0.556. The van der Waals surface area contributed by atoms with E-state index < -0.39 is 0 Å². The lowest BCUT2D eigenvalue weighted by Crippen LogP contribution is -2.10. The van der Waals surface area contributed by atoms with Crippen LogP contribution in [0.2, 0.25) is 5.28 Å². The monoisotopic (exact) mass is 281 g/mol. The van der Waals surface area contributed by atoms with Crippen LogP contribution in [0.3, 0.4) is 0 Å². The van der Waals surface area contributed by atoms with Crippen molar-refractivity contribution in [2.24, 2.45) is 0 Å². The average molecular weight is 282 g/mol. The summed E-state index contributed by atoms with van der Waals surface area (Å²) in [6, 6.07) is 0.137. The Morgan fingerprint density at radius 1 is 1.11 bits per heavy atom. The van der Waals surface area contributed by atoms with Gasteiger partial charge in [0.25, 0.3) is 0 Å². The van der Waals surface area contributed by atoms with Gasteiger partial charge in [0.15, 0.2) is 11.5 Å². The van der Waals surface area contributed by atoms with E-state index in [-0.39, 0.29) is 23.2 Å². The molecule has 0 saturated heterocycles. The van der Waals surface area contributed by atoms with Gasteiger partial charge < -0.3 is 9.47 Å². The summed E-state index contributed by atoms with van der Waals surface area (Å²) < 4.78 is 10.5. The fraction of sp³-hybridized carbons (Fsp3) is 0.364. The van der Waals surface area contributed by atoms with E-state index in [0.29, 0.717) is 11.6 Å². The second kappa shape index (κ2) is 5.75. The molecule has 0 aliphatic heterocycles. The van der Waals surface area contributed by atoms with Crippen molar-refractivity contribution < 1.29 is 9.47 Å². The number of ether oxygens (including phenoxy) is 2. The molecule has 0 fully saturated rings. The number of hydrogen-bond donors (Lipinski definition) is 0. The SMILES string of the molecule is COc1nccnc1-c1nc(Cl)nc(OC(C)C)n1. The van der Waals surface area contributed by atoms with Crippen molar-refractivity contribution in [1.82, 2.24) is 24.9 Å². The molecule has 0 aromatic carbocycles. The zero-order valence-corrected chi connectivity index (χ0v) is 11.4. The van der Waals surface area contributed by atoms with Crippen molar-refractivity contribution in [3.05, 3.63) is 17.7 Å². The van der Waals surface area contributed by atoms with Crippen LogP contribution >= 0.6 is 11.6 Å². The number of aromatic nitrogens is 5. The maximum Gasteiger partial charge on any atom is 0.321 e. The van der Waals surface area contributed by atoms with E-state index in [9.17, 15) is 0 Å². The number of hydrogen-bond acceptors (Lipinski definition) is 7. The lowest BCUT2D eigenvalue weighted by molar-refractivity contribution is 0.221. The molecule has 100 valence electrons. The minimum atomic E-state index is -0.0740. The highest BCUT2D eigenvalue weighted by Crippen LogP contribution is 2.24. The Balaban J connectivity index is 2.47. The zero-order chi connectivity index (χ0) is 13.8. The fourth-order valence-corrected chi connectivity index (χ4v) is 1.48. The van der Waals surface area contributed by atoms with E-state index in [1.807, 2.05) is 13.8 Å². The van der Waals surface area contributed by atoms with Crippen molar-refractivity contribution in [1.29, 1.82) is 0 Å². The maximum absolute atomic E-state index is 5.85. The summed E-state index contributed by atoms with van der Waals surface area (Å²) in [6.45, 7) is 3.72. The topological polar surface area (TPSA) is 82.9 Å². The van der Waals surface area contributed by atoms with Crippen LogP contribution in [-0.4, -0.2) is 38.1 Å². The molecule has 2 rings (SSSR count). The molecule has 0 unspecified atom stereocenters. The molecule has 0 spiro atoms. The summed E-state index contributed by atoms with van der Waals surface area (Å²) >= 11 is 5.85. The summed E-state index contributed by atoms with van der Waals surface area (Å²) in [4.78, 5) is 20.2. The number of rotatable bonds is 4. The molecule has 8 heteroatoms. The lowest BCUT2D eigenvalue weighted by Gasteiger charge is -2.09. The summed E-state index contributed by atoms with van der Waals surface area (Å²) in [7, 11) is 1.49. The third-order valence-corrected chi connectivity index (χ3v) is 2.17. The van der Waals surface area contributed by atoms with E-state index in [1.165, 1.54) is 19.5 Å². The van der Waals surface area contributed by atoms with E-state index in [0.717, 1.165) is 0 Å². The maximum atomic E-state index is 5.85. The largest absolute Gasteiger partial charge is 0.479 e. The molecule has 2 aromatic rings. The van der Waals surface area contributed by atoms with Crippen LogP contribution in [0.15, 0.2) is 12.4 Å². The molecule has 2 heterocycles. The molecule has 0 N–H and O–H groups in total. The summed E-state index contributed by atoms with van der Waals surface area (Å²) in [5, 5.41) is 0.0216. The second-order valence-corrected chi connectivity index (χ2v) is 4.13. The predicted molar refractivity (Wildman–Crippen MR) is 68.2 cm³/mol. The highest BCUT2D eigenvalue weighted by atomic mass is 35.5. The van der Waals surface area contributed by atoms with Crippen molar-refractivity contribution in [3.8, 4) is 23.4 Å². The third-order valence-electron chi connectivity index (χ3n) is 2.00. The molecular formula is C11H12ClN5O2. The van der Waals surface area contributed by atoms with Gasteiger partial charge in [0.05, 0.1) is 13.2 Å². The zero-order valence-electron chi connectivity index (χ0n) is 10.7. The Hall–Kier alpha value is -2.02. The predicted octanol–water partition coefficient (Wildman–Crippen LogP) is 1.78. The third kappa shape index (κ3) is 3.25. The highest BCUT2D eigenvalue weighted by Gasteiger charge is 2.15. The Bertz CT molecular complexity index is 579. The van der Waals surface area contributed by atoms with Crippen LogP contribution in [0.5, 0.6) is 11.9 Å². The van der Waals surface area contributed by atoms with Crippen LogP contribution in [0.1, 0.15) is 13.8 Å². The first-order chi connectivity index (χ1) is 9.10. The van der Waals surface area contributed by atoms with Crippen LogP contribution in [0, 0.1) is 0 Å². The van der Waals surface area contributed by atoms with Crippen LogP contribution < -0.4 is 9.47 Å².